The molecule has 2 unspecified atom stereocenters. The van der Waals surface area contributed by atoms with Crippen LogP contribution in [0.4, 0.5) is 0 Å². The number of sulfone groups is 1. The van der Waals surface area contributed by atoms with E-state index in [1.807, 2.05) is 7.05 Å². The number of unbranched alkanes of at least 4 members (excludes halogenated alkanes) is 2. The van der Waals surface area contributed by atoms with Crippen LogP contribution in [-0.4, -0.2) is 33.0 Å². The van der Waals surface area contributed by atoms with Crippen LogP contribution in [0.3, 0.4) is 0 Å². The average molecular weight is 261 g/mol. The Bertz CT molecular complexity index is 301. The van der Waals surface area contributed by atoms with Gasteiger partial charge in [-0.3, -0.25) is 0 Å². The summed E-state index contributed by atoms with van der Waals surface area (Å²) in [6.45, 7) is 2.10. The van der Waals surface area contributed by atoms with E-state index >= 15 is 0 Å². The summed E-state index contributed by atoms with van der Waals surface area (Å²) in [4.78, 5) is 0. The quantitative estimate of drug-likeness (QED) is 0.682. The van der Waals surface area contributed by atoms with E-state index in [9.17, 15) is 8.42 Å². The number of hydrogen-bond acceptors (Lipinski definition) is 3. The van der Waals surface area contributed by atoms with Crippen molar-refractivity contribution in [3.63, 3.8) is 0 Å². The molecule has 0 aromatic carbocycles. The zero-order valence-electron chi connectivity index (χ0n) is 11.2. The van der Waals surface area contributed by atoms with Gasteiger partial charge in [-0.1, -0.05) is 26.2 Å². The zero-order valence-corrected chi connectivity index (χ0v) is 12.1. The average Bonchev–Trinajstić information content (AvgIpc) is 2.74. The van der Waals surface area contributed by atoms with Gasteiger partial charge in [-0.25, -0.2) is 8.42 Å². The molecule has 1 aliphatic rings. The molecule has 1 N–H and O–H groups in total. The van der Waals surface area contributed by atoms with E-state index in [4.69, 9.17) is 0 Å². The fourth-order valence-corrected chi connectivity index (χ4v) is 4.28. The summed E-state index contributed by atoms with van der Waals surface area (Å²) in [5.41, 5.74) is 0. The topological polar surface area (TPSA) is 46.2 Å². The van der Waals surface area contributed by atoms with E-state index in [0.717, 1.165) is 25.7 Å². The van der Waals surface area contributed by atoms with Gasteiger partial charge in [0.05, 0.1) is 11.5 Å². The Labute approximate surface area is 106 Å². The molecule has 0 bridgehead atoms. The number of rotatable bonds is 8. The first kappa shape index (κ1) is 15.0. The van der Waals surface area contributed by atoms with Crippen LogP contribution in [0.5, 0.6) is 0 Å². The fraction of sp³-hybridized carbons (Fsp3) is 1.00. The van der Waals surface area contributed by atoms with Crippen LogP contribution in [0.1, 0.15) is 51.9 Å². The number of hydrogen-bond donors (Lipinski definition) is 1. The van der Waals surface area contributed by atoms with Crippen molar-refractivity contribution in [2.45, 2.75) is 57.9 Å². The maximum absolute atomic E-state index is 11.8. The molecule has 0 radical (unpaired) electrons. The van der Waals surface area contributed by atoms with E-state index in [-0.39, 0.29) is 0 Å². The maximum atomic E-state index is 11.8. The summed E-state index contributed by atoms with van der Waals surface area (Å²) >= 11 is 0. The lowest BCUT2D eigenvalue weighted by atomic mass is 10.0. The van der Waals surface area contributed by atoms with Crippen molar-refractivity contribution in [1.29, 1.82) is 0 Å². The lowest BCUT2D eigenvalue weighted by Gasteiger charge is -2.18. The molecule has 0 aliphatic heterocycles. The zero-order chi connectivity index (χ0) is 12.7. The standard InChI is InChI=1S/C13H27NO2S/c1-3-4-5-10-17(15,16)11-9-12-7-6-8-13(12)14-2/h12-14H,3-11H2,1-2H3. The van der Waals surface area contributed by atoms with Gasteiger partial charge < -0.3 is 5.32 Å². The molecule has 0 aromatic rings. The molecule has 0 aromatic heterocycles. The first-order chi connectivity index (χ1) is 8.09. The molecule has 0 heterocycles. The Morgan fingerprint density at radius 1 is 1.18 bits per heavy atom. The first-order valence-electron chi connectivity index (χ1n) is 6.96. The van der Waals surface area contributed by atoms with E-state index in [1.54, 1.807) is 0 Å². The predicted octanol–water partition coefficient (Wildman–Crippen LogP) is 2.37. The molecule has 1 rings (SSSR count). The van der Waals surface area contributed by atoms with Crippen molar-refractivity contribution in [2.75, 3.05) is 18.6 Å². The van der Waals surface area contributed by atoms with E-state index in [2.05, 4.69) is 12.2 Å². The van der Waals surface area contributed by atoms with Gasteiger partial charge in [-0.05, 0) is 38.6 Å². The molecule has 3 nitrogen and oxygen atoms in total. The Hall–Kier alpha value is -0.0900. The van der Waals surface area contributed by atoms with Crippen molar-refractivity contribution >= 4 is 9.84 Å². The highest BCUT2D eigenvalue weighted by atomic mass is 32.2. The second-order valence-corrected chi connectivity index (χ2v) is 7.54. The summed E-state index contributed by atoms with van der Waals surface area (Å²) in [5.74, 6) is 1.35. The van der Waals surface area contributed by atoms with Gasteiger partial charge in [0.2, 0.25) is 0 Å². The SMILES string of the molecule is CCCCCS(=O)(=O)CCC1CCCC1NC. The van der Waals surface area contributed by atoms with E-state index in [1.165, 1.54) is 19.3 Å². The highest BCUT2D eigenvalue weighted by Gasteiger charge is 2.26. The summed E-state index contributed by atoms with van der Waals surface area (Å²) in [6, 6.07) is 0.542. The Kier molecular flexibility index (Phi) is 6.49. The van der Waals surface area contributed by atoms with Gasteiger partial charge in [0.15, 0.2) is 0 Å². The molecule has 1 aliphatic carbocycles. The third kappa shape index (κ3) is 5.38. The molecule has 1 fully saturated rings. The molecule has 17 heavy (non-hydrogen) atoms. The molecular formula is C13H27NO2S. The van der Waals surface area contributed by atoms with Crippen LogP contribution < -0.4 is 5.32 Å². The highest BCUT2D eigenvalue weighted by Crippen LogP contribution is 2.28. The second kappa shape index (κ2) is 7.37. The van der Waals surface area contributed by atoms with Crippen molar-refractivity contribution in [3.8, 4) is 0 Å². The molecule has 0 saturated heterocycles. The molecule has 2 atom stereocenters. The van der Waals surface area contributed by atoms with Crippen LogP contribution in [0, 0.1) is 5.92 Å². The lowest BCUT2D eigenvalue weighted by Crippen LogP contribution is -2.30. The van der Waals surface area contributed by atoms with Crippen molar-refractivity contribution in [2.24, 2.45) is 5.92 Å². The summed E-state index contributed by atoms with van der Waals surface area (Å²) in [6.07, 6.45) is 7.43. The largest absolute Gasteiger partial charge is 0.317 e. The predicted molar refractivity (Wildman–Crippen MR) is 73.0 cm³/mol. The third-order valence-electron chi connectivity index (χ3n) is 3.89. The monoisotopic (exact) mass is 261 g/mol. The molecular weight excluding hydrogens is 234 g/mol. The Balaban J connectivity index is 2.28. The van der Waals surface area contributed by atoms with E-state index < -0.39 is 9.84 Å². The highest BCUT2D eigenvalue weighted by molar-refractivity contribution is 7.91. The normalized spacial score (nSPS) is 25.3. The van der Waals surface area contributed by atoms with Gasteiger partial charge in [-0.15, -0.1) is 0 Å². The van der Waals surface area contributed by atoms with Gasteiger partial charge in [-0.2, -0.15) is 0 Å². The third-order valence-corrected chi connectivity index (χ3v) is 5.66. The molecule has 1 saturated carbocycles. The summed E-state index contributed by atoms with van der Waals surface area (Å²) < 4.78 is 23.7. The van der Waals surface area contributed by atoms with Gasteiger partial charge in [0.25, 0.3) is 0 Å². The minimum atomic E-state index is -2.80. The van der Waals surface area contributed by atoms with Gasteiger partial charge >= 0.3 is 0 Å². The lowest BCUT2D eigenvalue weighted by molar-refractivity contribution is 0.414. The second-order valence-electron chi connectivity index (χ2n) is 5.23. The summed E-state index contributed by atoms with van der Waals surface area (Å²) in [5, 5.41) is 3.31. The molecule has 102 valence electrons. The van der Waals surface area contributed by atoms with Crippen LogP contribution in [0.25, 0.3) is 0 Å². The summed E-state index contributed by atoms with van der Waals surface area (Å²) in [7, 11) is -0.816. The smallest absolute Gasteiger partial charge is 0.150 e. The van der Waals surface area contributed by atoms with Crippen molar-refractivity contribution in [3.05, 3.63) is 0 Å². The molecule has 4 heteroatoms. The van der Waals surface area contributed by atoms with Crippen LogP contribution in [0.2, 0.25) is 0 Å². The van der Waals surface area contributed by atoms with E-state index in [0.29, 0.717) is 23.5 Å². The van der Waals surface area contributed by atoms with Crippen molar-refractivity contribution in [1.82, 2.24) is 5.32 Å². The molecule has 0 amide bonds. The molecule has 0 spiro atoms. The van der Waals surface area contributed by atoms with Crippen molar-refractivity contribution < 1.29 is 8.42 Å². The maximum Gasteiger partial charge on any atom is 0.150 e. The first-order valence-corrected chi connectivity index (χ1v) is 8.79. The Morgan fingerprint density at radius 2 is 1.94 bits per heavy atom. The van der Waals surface area contributed by atoms with Crippen LogP contribution in [0.15, 0.2) is 0 Å². The minimum absolute atomic E-state index is 0.387. The minimum Gasteiger partial charge on any atom is -0.317 e. The van der Waals surface area contributed by atoms with Crippen LogP contribution in [-0.2, 0) is 9.84 Å². The van der Waals surface area contributed by atoms with Gasteiger partial charge in [0, 0.05) is 6.04 Å². The van der Waals surface area contributed by atoms with Crippen LogP contribution >= 0.6 is 0 Å². The van der Waals surface area contributed by atoms with Gasteiger partial charge in [0.1, 0.15) is 9.84 Å². The Morgan fingerprint density at radius 3 is 2.59 bits per heavy atom. The fourth-order valence-electron chi connectivity index (χ4n) is 2.77. The number of nitrogens with one attached hydrogen (secondary N) is 1.